The Morgan fingerprint density at radius 1 is 1.57 bits per heavy atom. The van der Waals surface area contributed by atoms with Crippen LogP contribution in [0.4, 0.5) is 4.39 Å². The van der Waals surface area contributed by atoms with Gasteiger partial charge in [-0.25, -0.2) is 4.39 Å². The number of aldehydes is 1. The maximum absolute atomic E-state index is 13.3. The number of halogens is 2. The summed E-state index contributed by atoms with van der Waals surface area (Å²) in [5, 5.41) is 0.356. The molecule has 0 heterocycles. The lowest BCUT2D eigenvalue weighted by molar-refractivity contribution is -0.107. The van der Waals surface area contributed by atoms with Gasteiger partial charge in [-0.1, -0.05) is 11.6 Å². The third kappa shape index (κ3) is 2.45. The van der Waals surface area contributed by atoms with Crippen LogP contribution in [0.1, 0.15) is 12.0 Å². The first-order valence-corrected chi connectivity index (χ1v) is 4.52. The second kappa shape index (κ2) is 4.96. The van der Waals surface area contributed by atoms with E-state index in [2.05, 4.69) is 0 Å². The molecule has 0 aromatic heterocycles. The number of rotatable bonds is 4. The van der Waals surface area contributed by atoms with E-state index in [0.29, 0.717) is 29.2 Å². The van der Waals surface area contributed by atoms with Gasteiger partial charge >= 0.3 is 0 Å². The quantitative estimate of drug-likeness (QED) is 0.724. The van der Waals surface area contributed by atoms with Crippen LogP contribution in [0.2, 0.25) is 5.02 Å². The Balaban J connectivity index is 2.96. The average Bonchev–Trinajstić information content (AvgIpc) is 2.18. The Hall–Kier alpha value is -1.09. The molecule has 0 aliphatic heterocycles. The maximum atomic E-state index is 13.3. The molecule has 0 radical (unpaired) electrons. The van der Waals surface area contributed by atoms with Crippen molar-refractivity contribution in [1.82, 2.24) is 0 Å². The zero-order chi connectivity index (χ0) is 10.6. The van der Waals surface area contributed by atoms with Crippen molar-refractivity contribution < 1.29 is 13.9 Å². The summed E-state index contributed by atoms with van der Waals surface area (Å²) in [6.07, 6.45) is 1.40. The Morgan fingerprint density at radius 3 is 2.86 bits per heavy atom. The lowest BCUT2D eigenvalue weighted by Gasteiger charge is -2.06. The fourth-order valence-corrected chi connectivity index (χ4v) is 1.40. The number of aryl methyl sites for hydroxylation is 1. The molecule has 0 amide bonds. The van der Waals surface area contributed by atoms with Crippen LogP contribution in [0, 0.1) is 5.82 Å². The first-order valence-electron chi connectivity index (χ1n) is 4.14. The highest BCUT2D eigenvalue weighted by Crippen LogP contribution is 2.27. The summed E-state index contributed by atoms with van der Waals surface area (Å²) < 4.78 is 18.1. The Morgan fingerprint density at radius 2 is 2.29 bits per heavy atom. The molecule has 0 fully saturated rings. The van der Waals surface area contributed by atoms with Gasteiger partial charge in [-0.05, 0) is 18.1 Å². The Labute approximate surface area is 86.6 Å². The van der Waals surface area contributed by atoms with Crippen LogP contribution in [0.25, 0.3) is 0 Å². The summed E-state index contributed by atoms with van der Waals surface area (Å²) in [5.41, 5.74) is 0.433. The van der Waals surface area contributed by atoms with E-state index in [0.717, 1.165) is 6.29 Å². The van der Waals surface area contributed by atoms with Gasteiger partial charge < -0.3 is 9.53 Å². The van der Waals surface area contributed by atoms with E-state index in [-0.39, 0.29) is 0 Å². The van der Waals surface area contributed by atoms with Gasteiger partial charge in [-0.15, -0.1) is 0 Å². The first-order chi connectivity index (χ1) is 6.69. The van der Waals surface area contributed by atoms with E-state index >= 15 is 0 Å². The van der Waals surface area contributed by atoms with Crippen molar-refractivity contribution in [3.63, 3.8) is 0 Å². The molecule has 14 heavy (non-hydrogen) atoms. The van der Waals surface area contributed by atoms with Gasteiger partial charge in [-0.2, -0.15) is 0 Å². The molecule has 0 aliphatic carbocycles. The van der Waals surface area contributed by atoms with Crippen molar-refractivity contribution in [1.29, 1.82) is 0 Å². The monoisotopic (exact) mass is 216 g/mol. The van der Waals surface area contributed by atoms with E-state index < -0.39 is 5.82 Å². The molecule has 0 N–H and O–H groups in total. The minimum atomic E-state index is -0.395. The van der Waals surface area contributed by atoms with Crippen LogP contribution in [0.5, 0.6) is 5.75 Å². The molecule has 76 valence electrons. The van der Waals surface area contributed by atoms with Gasteiger partial charge in [0.15, 0.2) is 0 Å². The van der Waals surface area contributed by atoms with Gasteiger partial charge in [0.25, 0.3) is 0 Å². The van der Waals surface area contributed by atoms with Gasteiger partial charge in [0.2, 0.25) is 0 Å². The SMILES string of the molecule is COc1cc(F)c(CCC=O)cc1Cl. The molecule has 2 nitrogen and oxygen atoms in total. The maximum Gasteiger partial charge on any atom is 0.140 e. The van der Waals surface area contributed by atoms with Crippen molar-refractivity contribution in [2.24, 2.45) is 0 Å². The summed E-state index contributed by atoms with van der Waals surface area (Å²) in [6, 6.07) is 2.71. The molecule has 0 bridgehead atoms. The van der Waals surface area contributed by atoms with Crippen LogP contribution >= 0.6 is 11.6 Å². The molecular weight excluding hydrogens is 207 g/mol. The topological polar surface area (TPSA) is 26.3 Å². The van der Waals surface area contributed by atoms with Crippen LogP contribution in [0.3, 0.4) is 0 Å². The minimum absolute atomic E-state index is 0.291. The second-order valence-electron chi connectivity index (χ2n) is 2.78. The van der Waals surface area contributed by atoms with Crippen molar-refractivity contribution in [3.8, 4) is 5.75 Å². The van der Waals surface area contributed by atoms with Crippen LogP contribution in [-0.2, 0) is 11.2 Å². The van der Waals surface area contributed by atoms with Crippen molar-refractivity contribution in [2.45, 2.75) is 12.8 Å². The van der Waals surface area contributed by atoms with E-state index in [1.54, 1.807) is 0 Å². The number of methoxy groups -OCH3 is 1. The van der Waals surface area contributed by atoms with E-state index in [9.17, 15) is 9.18 Å². The van der Waals surface area contributed by atoms with Gasteiger partial charge in [0.05, 0.1) is 12.1 Å². The van der Waals surface area contributed by atoms with Crippen molar-refractivity contribution in [2.75, 3.05) is 7.11 Å². The molecule has 0 aliphatic rings. The van der Waals surface area contributed by atoms with Crippen LogP contribution in [-0.4, -0.2) is 13.4 Å². The van der Waals surface area contributed by atoms with E-state index in [1.807, 2.05) is 0 Å². The Kier molecular flexibility index (Phi) is 3.89. The molecule has 4 heteroatoms. The molecule has 0 atom stereocenters. The smallest absolute Gasteiger partial charge is 0.140 e. The molecule has 0 unspecified atom stereocenters. The average molecular weight is 217 g/mol. The van der Waals surface area contributed by atoms with Crippen LogP contribution < -0.4 is 4.74 Å². The van der Waals surface area contributed by atoms with Crippen LogP contribution in [0.15, 0.2) is 12.1 Å². The first kappa shape index (κ1) is 11.0. The molecule has 1 aromatic rings. The molecule has 0 saturated heterocycles. The zero-order valence-corrected chi connectivity index (χ0v) is 8.47. The van der Waals surface area contributed by atoms with Crippen molar-refractivity contribution >= 4 is 17.9 Å². The van der Waals surface area contributed by atoms with Crippen molar-refractivity contribution in [3.05, 3.63) is 28.5 Å². The third-order valence-corrected chi connectivity index (χ3v) is 2.15. The van der Waals surface area contributed by atoms with Gasteiger partial charge in [0.1, 0.15) is 17.9 Å². The second-order valence-corrected chi connectivity index (χ2v) is 3.19. The van der Waals surface area contributed by atoms with E-state index in [4.69, 9.17) is 16.3 Å². The highest BCUT2D eigenvalue weighted by Gasteiger charge is 2.08. The number of hydrogen-bond acceptors (Lipinski definition) is 2. The molecule has 0 spiro atoms. The van der Waals surface area contributed by atoms with E-state index in [1.165, 1.54) is 19.2 Å². The number of carbonyl (C=O) groups excluding carboxylic acids is 1. The summed E-state index contributed by atoms with van der Waals surface area (Å²) in [7, 11) is 1.42. The fourth-order valence-electron chi connectivity index (χ4n) is 1.13. The molecule has 1 rings (SSSR count). The fraction of sp³-hybridized carbons (Fsp3) is 0.300. The number of carbonyl (C=O) groups is 1. The molecular formula is C10H10ClFO2. The molecule has 1 aromatic carbocycles. The number of benzene rings is 1. The lowest BCUT2D eigenvalue weighted by Crippen LogP contribution is -1.94. The number of ether oxygens (including phenoxy) is 1. The normalized spacial score (nSPS) is 9.93. The molecule has 0 saturated carbocycles. The standard InChI is InChI=1S/C10H10ClFO2/c1-14-10-6-9(12)7(3-2-4-13)5-8(10)11/h4-6H,2-3H2,1H3. The lowest BCUT2D eigenvalue weighted by atomic mass is 10.1. The summed E-state index contributed by atoms with van der Waals surface area (Å²) in [4.78, 5) is 10.1. The number of hydrogen-bond donors (Lipinski definition) is 0. The third-order valence-electron chi connectivity index (χ3n) is 1.85. The highest BCUT2D eigenvalue weighted by atomic mass is 35.5. The largest absolute Gasteiger partial charge is 0.495 e. The minimum Gasteiger partial charge on any atom is -0.495 e. The van der Waals surface area contributed by atoms with Gasteiger partial charge in [0, 0.05) is 12.5 Å². The summed E-state index contributed by atoms with van der Waals surface area (Å²) in [6.45, 7) is 0. The van der Waals surface area contributed by atoms with Gasteiger partial charge in [-0.3, -0.25) is 0 Å². The zero-order valence-electron chi connectivity index (χ0n) is 7.72. The Bertz CT molecular complexity index is 339. The predicted octanol–water partition coefficient (Wildman–Crippen LogP) is 2.62. The summed E-state index contributed by atoms with van der Waals surface area (Å²) >= 11 is 5.80. The summed E-state index contributed by atoms with van der Waals surface area (Å²) in [5.74, 6) is -0.0906. The predicted molar refractivity (Wildman–Crippen MR) is 52.3 cm³/mol. The highest BCUT2D eigenvalue weighted by molar-refractivity contribution is 6.32.